The molecular formula is C12H19N3O3S. The predicted molar refractivity (Wildman–Crippen MR) is 74.2 cm³/mol. The molecule has 0 aliphatic carbocycles. The average molecular weight is 285 g/mol. The maximum absolute atomic E-state index is 12.2. The third kappa shape index (κ3) is 3.93. The van der Waals surface area contributed by atoms with Gasteiger partial charge in [0.1, 0.15) is 4.90 Å². The smallest absolute Gasteiger partial charge is 0.242 e. The first-order chi connectivity index (χ1) is 8.75. The molecular weight excluding hydrogens is 266 g/mol. The van der Waals surface area contributed by atoms with Crippen molar-refractivity contribution in [1.82, 2.24) is 10.0 Å². The Morgan fingerprint density at radius 2 is 1.89 bits per heavy atom. The minimum absolute atomic E-state index is 0.107. The Bertz CT molecular complexity index is 582. The summed E-state index contributed by atoms with van der Waals surface area (Å²) < 4.78 is 26.8. The van der Waals surface area contributed by atoms with Gasteiger partial charge < -0.3 is 11.1 Å². The van der Waals surface area contributed by atoms with Gasteiger partial charge in [-0.05, 0) is 31.0 Å². The number of sulfonamides is 1. The van der Waals surface area contributed by atoms with Crippen LogP contribution in [0.4, 0.5) is 5.69 Å². The highest BCUT2D eigenvalue weighted by Gasteiger charge is 2.20. The minimum Gasteiger partial charge on any atom is -0.398 e. The van der Waals surface area contributed by atoms with E-state index in [0.717, 1.165) is 5.56 Å². The maximum atomic E-state index is 12.2. The number of nitrogens with one attached hydrogen (secondary N) is 2. The molecule has 1 aromatic carbocycles. The van der Waals surface area contributed by atoms with Gasteiger partial charge in [0.15, 0.2) is 0 Å². The van der Waals surface area contributed by atoms with E-state index in [-0.39, 0.29) is 29.6 Å². The number of amides is 1. The molecule has 106 valence electrons. The molecule has 0 spiro atoms. The monoisotopic (exact) mass is 285 g/mol. The summed E-state index contributed by atoms with van der Waals surface area (Å²) in [6.45, 7) is 5.27. The summed E-state index contributed by atoms with van der Waals surface area (Å²) in [7, 11) is -3.67. The molecule has 0 heterocycles. The molecule has 0 unspecified atom stereocenters. The molecule has 0 saturated heterocycles. The number of aryl methyl sites for hydroxylation is 1. The Hall–Kier alpha value is -1.60. The average Bonchev–Trinajstić information content (AvgIpc) is 2.29. The fourth-order valence-electron chi connectivity index (χ4n) is 1.66. The van der Waals surface area contributed by atoms with E-state index >= 15 is 0 Å². The second-order valence-corrected chi connectivity index (χ2v) is 6.01. The summed E-state index contributed by atoms with van der Waals surface area (Å²) in [5.41, 5.74) is 7.45. The van der Waals surface area contributed by atoms with Crippen LogP contribution in [-0.2, 0) is 14.8 Å². The van der Waals surface area contributed by atoms with E-state index in [1.165, 1.54) is 6.92 Å². The van der Waals surface area contributed by atoms with Gasteiger partial charge in [-0.25, -0.2) is 13.1 Å². The van der Waals surface area contributed by atoms with Gasteiger partial charge in [0.25, 0.3) is 0 Å². The van der Waals surface area contributed by atoms with Crippen LogP contribution in [-0.4, -0.2) is 27.4 Å². The van der Waals surface area contributed by atoms with Crippen molar-refractivity contribution >= 4 is 21.6 Å². The summed E-state index contributed by atoms with van der Waals surface area (Å²) in [5.74, 6) is -0.203. The van der Waals surface area contributed by atoms with Gasteiger partial charge in [0.2, 0.25) is 15.9 Å². The quantitative estimate of drug-likeness (QED) is 0.535. The summed E-state index contributed by atoms with van der Waals surface area (Å²) in [5, 5.41) is 2.51. The molecule has 0 saturated carbocycles. The van der Waals surface area contributed by atoms with Gasteiger partial charge in [-0.1, -0.05) is 6.07 Å². The number of hydrogen-bond acceptors (Lipinski definition) is 4. The summed E-state index contributed by atoms with van der Waals surface area (Å²) in [6, 6.07) is 3.35. The van der Waals surface area contributed by atoms with E-state index in [0.29, 0.717) is 5.56 Å². The first-order valence-electron chi connectivity index (χ1n) is 5.85. The lowest BCUT2D eigenvalue weighted by atomic mass is 10.1. The Morgan fingerprint density at radius 1 is 1.26 bits per heavy atom. The molecule has 0 aromatic heterocycles. The molecule has 4 N–H and O–H groups in total. The fourth-order valence-corrected chi connectivity index (χ4v) is 3.12. The molecule has 19 heavy (non-hydrogen) atoms. The number of nitrogen functional groups attached to an aromatic ring is 1. The summed E-state index contributed by atoms with van der Waals surface area (Å²) in [6.07, 6.45) is 0. The number of anilines is 1. The van der Waals surface area contributed by atoms with Crippen LogP contribution in [0.3, 0.4) is 0 Å². The van der Waals surface area contributed by atoms with Crippen LogP contribution in [0.2, 0.25) is 0 Å². The Morgan fingerprint density at radius 3 is 2.47 bits per heavy atom. The molecule has 0 bridgehead atoms. The Labute approximate surface area is 113 Å². The third-order valence-corrected chi connectivity index (χ3v) is 4.43. The van der Waals surface area contributed by atoms with Gasteiger partial charge >= 0.3 is 0 Å². The third-order valence-electron chi connectivity index (χ3n) is 2.77. The highest BCUT2D eigenvalue weighted by Crippen LogP contribution is 2.24. The van der Waals surface area contributed by atoms with Crippen molar-refractivity contribution in [1.29, 1.82) is 0 Å². The lowest BCUT2D eigenvalue weighted by molar-refractivity contribution is -0.118. The van der Waals surface area contributed by atoms with Gasteiger partial charge in [-0.15, -0.1) is 0 Å². The topological polar surface area (TPSA) is 101 Å². The van der Waals surface area contributed by atoms with Crippen LogP contribution in [0.15, 0.2) is 17.0 Å². The number of rotatable bonds is 5. The lowest BCUT2D eigenvalue weighted by Gasteiger charge is -2.13. The van der Waals surface area contributed by atoms with Crippen molar-refractivity contribution in [2.75, 3.05) is 18.8 Å². The van der Waals surface area contributed by atoms with Crippen molar-refractivity contribution in [2.24, 2.45) is 0 Å². The molecule has 0 aliphatic rings. The van der Waals surface area contributed by atoms with Crippen LogP contribution in [0.1, 0.15) is 18.1 Å². The molecule has 0 radical (unpaired) electrons. The maximum Gasteiger partial charge on any atom is 0.242 e. The normalized spacial score (nSPS) is 11.3. The van der Waals surface area contributed by atoms with E-state index in [2.05, 4.69) is 10.0 Å². The number of hydrogen-bond donors (Lipinski definition) is 3. The fraction of sp³-hybridized carbons (Fsp3) is 0.417. The van der Waals surface area contributed by atoms with Crippen molar-refractivity contribution in [3.63, 3.8) is 0 Å². The number of carbonyl (C=O) groups is 1. The molecule has 6 nitrogen and oxygen atoms in total. The van der Waals surface area contributed by atoms with E-state index < -0.39 is 10.0 Å². The zero-order chi connectivity index (χ0) is 14.6. The molecule has 7 heteroatoms. The molecule has 0 atom stereocenters. The van der Waals surface area contributed by atoms with Crippen molar-refractivity contribution in [3.05, 3.63) is 23.3 Å². The minimum atomic E-state index is -3.67. The SMILES string of the molecule is CC(=O)NCCNS(=O)(=O)c1c(N)ccc(C)c1C. The van der Waals surface area contributed by atoms with Gasteiger partial charge in [0, 0.05) is 20.0 Å². The second kappa shape index (κ2) is 6.03. The van der Waals surface area contributed by atoms with Crippen LogP contribution >= 0.6 is 0 Å². The highest BCUT2D eigenvalue weighted by molar-refractivity contribution is 7.89. The molecule has 1 amide bonds. The first-order valence-corrected chi connectivity index (χ1v) is 7.34. The number of nitrogens with two attached hydrogens (primary N) is 1. The molecule has 0 aliphatic heterocycles. The van der Waals surface area contributed by atoms with E-state index in [4.69, 9.17) is 5.73 Å². The van der Waals surface area contributed by atoms with E-state index in [1.54, 1.807) is 19.1 Å². The van der Waals surface area contributed by atoms with E-state index in [1.807, 2.05) is 6.92 Å². The van der Waals surface area contributed by atoms with E-state index in [9.17, 15) is 13.2 Å². The van der Waals surface area contributed by atoms with Crippen LogP contribution in [0.5, 0.6) is 0 Å². The van der Waals surface area contributed by atoms with Crippen molar-refractivity contribution in [3.8, 4) is 0 Å². The van der Waals surface area contributed by atoms with Crippen molar-refractivity contribution < 1.29 is 13.2 Å². The van der Waals surface area contributed by atoms with Gasteiger partial charge in [-0.3, -0.25) is 4.79 Å². The first kappa shape index (κ1) is 15.5. The summed E-state index contributed by atoms with van der Waals surface area (Å²) >= 11 is 0. The van der Waals surface area contributed by atoms with Crippen molar-refractivity contribution in [2.45, 2.75) is 25.7 Å². The second-order valence-electron chi connectivity index (χ2n) is 4.31. The standard InChI is InChI=1S/C12H19N3O3S/c1-8-4-5-11(13)12(9(8)2)19(17,18)15-7-6-14-10(3)16/h4-5,15H,6-7,13H2,1-3H3,(H,14,16). The van der Waals surface area contributed by atoms with Gasteiger partial charge in [0.05, 0.1) is 5.69 Å². The predicted octanol–water partition coefficient (Wildman–Crippen LogP) is 0.300. The highest BCUT2D eigenvalue weighted by atomic mass is 32.2. The molecule has 1 aromatic rings. The lowest BCUT2D eigenvalue weighted by Crippen LogP contribution is -2.34. The molecule has 0 fully saturated rings. The zero-order valence-electron chi connectivity index (χ0n) is 11.3. The number of benzene rings is 1. The number of carbonyl (C=O) groups excluding carboxylic acids is 1. The van der Waals surface area contributed by atoms with Crippen LogP contribution < -0.4 is 15.8 Å². The van der Waals surface area contributed by atoms with Gasteiger partial charge in [-0.2, -0.15) is 0 Å². The zero-order valence-corrected chi connectivity index (χ0v) is 12.1. The van der Waals surface area contributed by atoms with Crippen LogP contribution in [0, 0.1) is 13.8 Å². The Balaban J connectivity index is 2.89. The van der Waals surface area contributed by atoms with Crippen LogP contribution in [0.25, 0.3) is 0 Å². The molecule has 1 rings (SSSR count). The summed E-state index contributed by atoms with van der Waals surface area (Å²) in [4.78, 5) is 10.8. The Kier molecular flexibility index (Phi) is 4.90. The largest absolute Gasteiger partial charge is 0.398 e.